The molecule has 1 atom stereocenters. The zero-order valence-electron chi connectivity index (χ0n) is 14.1. The predicted octanol–water partition coefficient (Wildman–Crippen LogP) is 1.06. The van der Waals surface area contributed by atoms with Crippen LogP contribution in [0.4, 0.5) is 0 Å². The first-order chi connectivity index (χ1) is 11.9. The fourth-order valence-electron chi connectivity index (χ4n) is 2.36. The third kappa shape index (κ3) is 5.64. The molecule has 0 aromatic carbocycles. The molecule has 0 spiro atoms. The SMILES string of the molecule is COCC(C)(CC(=O)O)NC(=O)CCc1nc(-c2ccccn2)no1. The molecule has 2 rings (SSSR count). The zero-order valence-corrected chi connectivity index (χ0v) is 14.1. The maximum absolute atomic E-state index is 12.1. The molecule has 25 heavy (non-hydrogen) atoms. The Balaban J connectivity index is 1.91. The van der Waals surface area contributed by atoms with Crippen LogP contribution in [0.25, 0.3) is 11.5 Å². The van der Waals surface area contributed by atoms with Crippen LogP contribution in [0.1, 0.15) is 25.7 Å². The van der Waals surface area contributed by atoms with Gasteiger partial charge >= 0.3 is 5.97 Å². The van der Waals surface area contributed by atoms with Gasteiger partial charge in [0.25, 0.3) is 0 Å². The molecule has 0 saturated heterocycles. The quantitative estimate of drug-likeness (QED) is 0.688. The molecule has 0 aliphatic carbocycles. The highest BCUT2D eigenvalue weighted by Crippen LogP contribution is 2.14. The lowest BCUT2D eigenvalue weighted by Crippen LogP contribution is -2.50. The van der Waals surface area contributed by atoms with Crippen LogP contribution in [-0.2, 0) is 20.7 Å². The van der Waals surface area contributed by atoms with E-state index in [9.17, 15) is 9.59 Å². The molecule has 0 aliphatic rings. The first-order valence-electron chi connectivity index (χ1n) is 7.67. The number of hydrogen-bond donors (Lipinski definition) is 2. The Morgan fingerprint density at radius 2 is 2.20 bits per heavy atom. The highest BCUT2D eigenvalue weighted by molar-refractivity contribution is 5.78. The van der Waals surface area contributed by atoms with Crippen molar-refractivity contribution in [1.29, 1.82) is 0 Å². The van der Waals surface area contributed by atoms with E-state index in [0.717, 1.165) is 0 Å². The number of carbonyl (C=O) groups excluding carboxylic acids is 1. The second-order valence-corrected chi connectivity index (χ2v) is 5.84. The third-order valence-electron chi connectivity index (χ3n) is 3.37. The summed E-state index contributed by atoms with van der Waals surface area (Å²) >= 11 is 0. The summed E-state index contributed by atoms with van der Waals surface area (Å²) in [6.07, 6.45) is 1.71. The average Bonchev–Trinajstić information content (AvgIpc) is 3.02. The van der Waals surface area contributed by atoms with Crippen molar-refractivity contribution in [2.75, 3.05) is 13.7 Å². The second kappa shape index (κ2) is 8.34. The molecule has 2 aromatic rings. The summed E-state index contributed by atoms with van der Waals surface area (Å²) in [4.78, 5) is 31.4. The van der Waals surface area contributed by atoms with Crippen LogP contribution in [-0.4, -0.2) is 51.4 Å². The standard InChI is InChI=1S/C16H20N4O5/c1-16(10-24-2,9-14(22)23)19-12(21)6-7-13-18-15(20-25-13)11-5-3-4-8-17-11/h3-5,8H,6-7,9-10H2,1-2H3,(H,19,21)(H,22,23). The Labute approximate surface area is 144 Å². The Hall–Kier alpha value is -2.81. The van der Waals surface area contributed by atoms with Gasteiger partial charge in [-0.15, -0.1) is 0 Å². The minimum Gasteiger partial charge on any atom is -0.481 e. The summed E-state index contributed by atoms with van der Waals surface area (Å²) in [7, 11) is 1.45. The lowest BCUT2D eigenvalue weighted by atomic mass is 9.98. The number of aromatic nitrogens is 3. The lowest BCUT2D eigenvalue weighted by molar-refractivity contribution is -0.139. The molecule has 0 bridgehead atoms. The van der Waals surface area contributed by atoms with Gasteiger partial charge in [-0.05, 0) is 19.1 Å². The van der Waals surface area contributed by atoms with E-state index in [-0.39, 0.29) is 31.8 Å². The number of nitrogens with zero attached hydrogens (tertiary/aromatic N) is 3. The number of aliphatic carboxylic acids is 1. The molecule has 0 fully saturated rings. The second-order valence-electron chi connectivity index (χ2n) is 5.84. The number of amides is 1. The number of aryl methyl sites for hydroxylation is 1. The molecular weight excluding hydrogens is 328 g/mol. The van der Waals surface area contributed by atoms with E-state index in [1.807, 2.05) is 6.07 Å². The van der Waals surface area contributed by atoms with E-state index >= 15 is 0 Å². The number of carbonyl (C=O) groups is 2. The number of carboxylic acid groups (broad SMARTS) is 1. The Morgan fingerprint density at radius 3 is 2.84 bits per heavy atom. The monoisotopic (exact) mass is 348 g/mol. The van der Waals surface area contributed by atoms with Crippen molar-refractivity contribution >= 4 is 11.9 Å². The molecule has 0 radical (unpaired) electrons. The van der Waals surface area contributed by atoms with Crippen molar-refractivity contribution in [1.82, 2.24) is 20.4 Å². The van der Waals surface area contributed by atoms with Crippen LogP contribution >= 0.6 is 0 Å². The molecule has 9 nitrogen and oxygen atoms in total. The van der Waals surface area contributed by atoms with Gasteiger partial charge in [-0.2, -0.15) is 4.98 Å². The average molecular weight is 348 g/mol. The molecule has 2 heterocycles. The van der Waals surface area contributed by atoms with Gasteiger partial charge in [-0.3, -0.25) is 14.6 Å². The summed E-state index contributed by atoms with van der Waals surface area (Å²) in [5.41, 5.74) is -0.401. The van der Waals surface area contributed by atoms with E-state index in [2.05, 4.69) is 20.4 Å². The summed E-state index contributed by atoms with van der Waals surface area (Å²) in [6, 6.07) is 5.34. The molecule has 0 aliphatic heterocycles. The zero-order chi connectivity index (χ0) is 18.3. The van der Waals surface area contributed by atoms with Gasteiger partial charge in [0.05, 0.1) is 18.6 Å². The molecule has 1 unspecified atom stereocenters. The molecule has 9 heteroatoms. The topological polar surface area (TPSA) is 127 Å². The van der Waals surface area contributed by atoms with Crippen LogP contribution in [0.15, 0.2) is 28.9 Å². The number of hydrogen-bond acceptors (Lipinski definition) is 7. The summed E-state index contributed by atoms with van der Waals surface area (Å²) in [6.45, 7) is 1.71. The number of nitrogens with one attached hydrogen (secondary N) is 1. The molecule has 1 amide bonds. The van der Waals surface area contributed by atoms with Crippen molar-refractivity contribution in [3.8, 4) is 11.5 Å². The van der Waals surface area contributed by atoms with E-state index in [1.54, 1.807) is 25.3 Å². The van der Waals surface area contributed by atoms with Crippen molar-refractivity contribution in [2.45, 2.75) is 31.7 Å². The first-order valence-corrected chi connectivity index (χ1v) is 7.67. The van der Waals surface area contributed by atoms with E-state index in [1.165, 1.54) is 7.11 Å². The minimum absolute atomic E-state index is 0.0861. The van der Waals surface area contributed by atoms with Gasteiger partial charge < -0.3 is 19.7 Å². The fraction of sp³-hybridized carbons (Fsp3) is 0.438. The highest BCUT2D eigenvalue weighted by atomic mass is 16.5. The predicted molar refractivity (Wildman–Crippen MR) is 86.5 cm³/mol. The van der Waals surface area contributed by atoms with Gasteiger partial charge in [-0.1, -0.05) is 11.2 Å². The summed E-state index contributed by atoms with van der Waals surface area (Å²) < 4.78 is 10.1. The number of pyridine rings is 1. The van der Waals surface area contributed by atoms with Gasteiger partial charge in [0.2, 0.25) is 17.6 Å². The number of rotatable bonds is 9. The van der Waals surface area contributed by atoms with Crippen LogP contribution in [0.2, 0.25) is 0 Å². The van der Waals surface area contributed by atoms with Gasteiger partial charge in [0.15, 0.2) is 0 Å². The molecule has 2 aromatic heterocycles. The smallest absolute Gasteiger partial charge is 0.305 e. The highest BCUT2D eigenvalue weighted by Gasteiger charge is 2.29. The molecule has 134 valence electrons. The largest absolute Gasteiger partial charge is 0.481 e. The van der Waals surface area contributed by atoms with Gasteiger partial charge in [-0.25, -0.2) is 0 Å². The fourth-order valence-corrected chi connectivity index (χ4v) is 2.36. The number of carboxylic acids is 1. The van der Waals surface area contributed by atoms with Gasteiger partial charge in [0, 0.05) is 26.1 Å². The van der Waals surface area contributed by atoms with Crippen molar-refractivity contribution in [2.24, 2.45) is 0 Å². The Bertz CT molecular complexity index is 718. The Morgan fingerprint density at radius 1 is 1.40 bits per heavy atom. The molecule has 2 N–H and O–H groups in total. The molecule has 0 saturated carbocycles. The maximum atomic E-state index is 12.1. The molecular formula is C16H20N4O5. The third-order valence-corrected chi connectivity index (χ3v) is 3.37. The van der Waals surface area contributed by atoms with Crippen LogP contribution in [0, 0.1) is 0 Å². The summed E-state index contributed by atoms with van der Waals surface area (Å²) in [5, 5.41) is 15.5. The van der Waals surface area contributed by atoms with Crippen LogP contribution in [0.3, 0.4) is 0 Å². The van der Waals surface area contributed by atoms with E-state index in [0.29, 0.717) is 17.4 Å². The van der Waals surface area contributed by atoms with Crippen molar-refractivity contribution in [3.05, 3.63) is 30.3 Å². The maximum Gasteiger partial charge on any atom is 0.305 e. The van der Waals surface area contributed by atoms with Gasteiger partial charge in [0.1, 0.15) is 5.69 Å². The normalized spacial score (nSPS) is 13.2. The number of ether oxygens (including phenoxy) is 1. The van der Waals surface area contributed by atoms with Crippen LogP contribution < -0.4 is 5.32 Å². The van der Waals surface area contributed by atoms with E-state index < -0.39 is 11.5 Å². The van der Waals surface area contributed by atoms with Crippen molar-refractivity contribution in [3.63, 3.8) is 0 Å². The minimum atomic E-state index is -1.02. The van der Waals surface area contributed by atoms with Crippen molar-refractivity contribution < 1.29 is 24.0 Å². The van der Waals surface area contributed by atoms with E-state index in [4.69, 9.17) is 14.4 Å². The number of methoxy groups -OCH3 is 1. The van der Waals surface area contributed by atoms with Crippen LogP contribution in [0.5, 0.6) is 0 Å². The lowest BCUT2D eigenvalue weighted by Gasteiger charge is -2.28. The Kier molecular flexibility index (Phi) is 6.18. The first kappa shape index (κ1) is 18.5. The summed E-state index contributed by atoms with van der Waals surface area (Å²) in [5.74, 6) is -0.677.